The molecule has 1 aromatic carbocycles. The van der Waals surface area contributed by atoms with E-state index < -0.39 is 35.7 Å². The van der Waals surface area contributed by atoms with Gasteiger partial charge in [0.1, 0.15) is 23.7 Å². The zero-order chi connectivity index (χ0) is 20.8. The molecule has 3 aliphatic rings. The molecule has 1 saturated carbocycles. The maximum Gasteiger partial charge on any atom is 0.325 e. The van der Waals surface area contributed by atoms with E-state index in [-0.39, 0.29) is 11.5 Å². The lowest BCUT2D eigenvalue weighted by molar-refractivity contribution is -0.140. The molecule has 2 saturated heterocycles. The number of hydrogen-bond acceptors (Lipinski definition) is 3. The molecule has 29 heavy (non-hydrogen) atoms. The number of fused-ring (bicyclic) bond motifs is 1. The maximum absolute atomic E-state index is 14.2. The van der Waals surface area contributed by atoms with E-state index in [0.29, 0.717) is 24.9 Å². The number of piperidine rings is 1. The molecule has 156 valence electrons. The molecule has 3 fully saturated rings. The van der Waals surface area contributed by atoms with Crippen LogP contribution < -0.4 is 5.32 Å². The second-order valence-electron chi connectivity index (χ2n) is 8.50. The predicted molar refractivity (Wildman–Crippen MR) is 101 cm³/mol. The van der Waals surface area contributed by atoms with Crippen molar-refractivity contribution >= 4 is 17.8 Å². The van der Waals surface area contributed by atoms with Gasteiger partial charge < -0.3 is 10.2 Å². The fourth-order valence-corrected chi connectivity index (χ4v) is 4.97. The van der Waals surface area contributed by atoms with Gasteiger partial charge in [0.05, 0.1) is 0 Å². The first-order chi connectivity index (χ1) is 13.8. The first-order valence-electron chi connectivity index (χ1n) is 10.2. The van der Waals surface area contributed by atoms with Gasteiger partial charge in [0.15, 0.2) is 0 Å². The third-order valence-electron chi connectivity index (χ3n) is 6.68. The topological polar surface area (TPSA) is 69.7 Å². The number of nitrogens with zero attached hydrogens (tertiary/aromatic N) is 2. The summed E-state index contributed by atoms with van der Waals surface area (Å²) in [5, 5.41) is 2.43. The van der Waals surface area contributed by atoms with Crippen molar-refractivity contribution in [1.82, 2.24) is 15.1 Å². The highest BCUT2D eigenvalue weighted by molar-refractivity contribution is 6.09. The highest BCUT2D eigenvalue weighted by atomic mass is 19.1. The van der Waals surface area contributed by atoms with Gasteiger partial charge in [-0.25, -0.2) is 13.6 Å². The zero-order valence-electron chi connectivity index (χ0n) is 16.4. The van der Waals surface area contributed by atoms with Crippen molar-refractivity contribution in [3.8, 4) is 0 Å². The number of urea groups is 1. The van der Waals surface area contributed by atoms with Crippen LogP contribution >= 0.6 is 0 Å². The van der Waals surface area contributed by atoms with Crippen molar-refractivity contribution in [2.75, 3.05) is 19.6 Å². The number of imide groups is 1. The van der Waals surface area contributed by atoms with Crippen molar-refractivity contribution in [2.24, 2.45) is 11.8 Å². The quantitative estimate of drug-likeness (QED) is 0.787. The molecular formula is C21H25F2N3O3. The van der Waals surface area contributed by atoms with Gasteiger partial charge in [0.2, 0.25) is 5.91 Å². The van der Waals surface area contributed by atoms with E-state index in [2.05, 4.69) is 5.32 Å². The molecule has 0 unspecified atom stereocenters. The SMILES string of the molecule is C[C@]1(c2cc(F)ccc2F)NC(=O)N(CC(=O)N2CC[C@H]3CCCC[C@@H]3C2)C1=O. The molecule has 4 rings (SSSR count). The van der Waals surface area contributed by atoms with Gasteiger partial charge in [-0.1, -0.05) is 19.3 Å². The van der Waals surface area contributed by atoms with Crippen LogP contribution in [0.25, 0.3) is 0 Å². The van der Waals surface area contributed by atoms with Crippen LogP contribution in [0.15, 0.2) is 18.2 Å². The second-order valence-corrected chi connectivity index (χ2v) is 8.50. The zero-order valence-corrected chi connectivity index (χ0v) is 16.4. The molecule has 3 atom stereocenters. The standard InChI is InChI=1S/C21H25F2N3O3/c1-21(16-10-15(22)6-7-17(16)23)19(28)26(20(29)24-21)12-18(27)25-9-8-13-4-2-3-5-14(13)11-25/h6-7,10,13-14H,2-5,8-9,11-12H2,1H3,(H,24,29)/t13-,14-,21-/m1/s1. The van der Waals surface area contributed by atoms with Gasteiger partial charge in [0.25, 0.3) is 5.91 Å². The minimum absolute atomic E-state index is 0.256. The van der Waals surface area contributed by atoms with Gasteiger partial charge in [-0.05, 0) is 49.8 Å². The molecule has 6 nitrogen and oxygen atoms in total. The molecule has 2 heterocycles. The number of amides is 4. The molecule has 4 amide bonds. The lowest BCUT2D eigenvalue weighted by Crippen LogP contribution is -2.49. The van der Waals surface area contributed by atoms with Crippen molar-refractivity contribution in [3.05, 3.63) is 35.4 Å². The molecular weight excluding hydrogens is 380 g/mol. The molecule has 1 N–H and O–H groups in total. The Hall–Kier alpha value is -2.51. The van der Waals surface area contributed by atoms with Crippen LogP contribution in [-0.2, 0) is 15.1 Å². The van der Waals surface area contributed by atoms with Crippen LogP contribution in [0.5, 0.6) is 0 Å². The summed E-state index contributed by atoms with van der Waals surface area (Å²) in [5.74, 6) is -1.42. The summed E-state index contributed by atoms with van der Waals surface area (Å²) in [7, 11) is 0. The summed E-state index contributed by atoms with van der Waals surface area (Å²) in [6.45, 7) is 2.21. The Bertz CT molecular complexity index is 862. The molecule has 0 bridgehead atoms. The summed E-state index contributed by atoms with van der Waals surface area (Å²) >= 11 is 0. The number of halogens is 2. The molecule has 0 radical (unpaired) electrons. The Balaban J connectivity index is 1.48. The highest BCUT2D eigenvalue weighted by Gasteiger charge is 2.51. The van der Waals surface area contributed by atoms with Gasteiger partial charge in [-0.2, -0.15) is 0 Å². The van der Waals surface area contributed by atoms with E-state index in [1.807, 2.05) is 0 Å². The van der Waals surface area contributed by atoms with Gasteiger partial charge in [-0.3, -0.25) is 14.5 Å². The first-order valence-corrected chi connectivity index (χ1v) is 10.2. The smallest absolute Gasteiger partial charge is 0.325 e. The number of rotatable bonds is 3. The predicted octanol–water partition coefficient (Wildman–Crippen LogP) is 2.77. The molecule has 0 aromatic heterocycles. The van der Waals surface area contributed by atoms with Crippen LogP contribution in [-0.4, -0.2) is 47.3 Å². The Morgan fingerprint density at radius 3 is 2.66 bits per heavy atom. The number of hydrogen-bond donors (Lipinski definition) is 1. The van der Waals surface area contributed by atoms with E-state index in [0.717, 1.165) is 35.9 Å². The van der Waals surface area contributed by atoms with Crippen LogP contribution in [0.3, 0.4) is 0 Å². The van der Waals surface area contributed by atoms with Gasteiger partial charge >= 0.3 is 6.03 Å². The van der Waals surface area contributed by atoms with E-state index >= 15 is 0 Å². The molecule has 2 aliphatic heterocycles. The fraction of sp³-hybridized carbons (Fsp3) is 0.571. The molecule has 0 spiro atoms. The largest absolute Gasteiger partial charge is 0.341 e. The minimum Gasteiger partial charge on any atom is -0.341 e. The Morgan fingerprint density at radius 2 is 1.90 bits per heavy atom. The number of likely N-dealkylation sites (tertiary alicyclic amines) is 1. The minimum atomic E-state index is -1.75. The third-order valence-corrected chi connectivity index (χ3v) is 6.68. The van der Waals surface area contributed by atoms with E-state index in [9.17, 15) is 23.2 Å². The van der Waals surface area contributed by atoms with E-state index in [1.54, 1.807) is 4.90 Å². The number of carbonyl (C=O) groups excluding carboxylic acids is 3. The number of carbonyl (C=O) groups is 3. The second kappa shape index (κ2) is 7.39. The lowest BCUT2D eigenvalue weighted by atomic mass is 9.75. The lowest BCUT2D eigenvalue weighted by Gasteiger charge is -2.41. The monoisotopic (exact) mass is 405 g/mol. The normalized spacial score (nSPS) is 29.6. The van der Waals surface area contributed by atoms with E-state index in [1.165, 1.54) is 26.2 Å². The third kappa shape index (κ3) is 3.49. The highest BCUT2D eigenvalue weighted by Crippen LogP contribution is 2.36. The Labute approximate surface area is 168 Å². The summed E-state index contributed by atoms with van der Waals surface area (Å²) < 4.78 is 27.9. The van der Waals surface area contributed by atoms with Crippen molar-refractivity contribution in [3.63, 3.8) is 0 Å². The Morgan fingerprint density at radius 1 is 1.17 bits per heavy atom. The summed E-state index contributed by atoms with van der Waals surface area (Å²) in [6.07, 6.45) is 5.68. The fourth-order valence-electron chi connectivity index (χ4n) is 4.97. The molecule has 1 aliphatic carbocycles. The summed E-state index contributed by atoms with van der Waals surface area (Å²) in [6, 6.07) is 1.98. The van der Waals surface area contributed by atoms with Gasteiger partial charge in [-0.15, -0.1) is 0 Å². The summed E-state index contributed by atoms with van der Waals surface area (Å²) in [4.78, 5) is 40.7. The van der Waals surface area contributed by atoms with Crippen LogP contribution in [0.2, 0.25) is 0 Å². The van der Waals surface area contributed by atoms with Crippen molar-refractivity contribution < 1.29 is 23.2 Å². The van der Waals surface area contributed by atoms with Crippen LogP contribution in [0.4, 0.5) is 13.6 Å². The molecule has 1 aromatic rings. The van der Waals surface area contributed by atoms with Crippen molar-refractivity contribution in [1.29, 1.82) is 0 Å². The molecule has 8 heteroatoms. The average molecular weight is 405 g/mol. The Kier molecular flexibility index (Phi) is 5.04. The first kappa shape index (κ1) is 19.8. The van der Waals surface area contributed by atoms with Crippen molar-refractivity contribution in [2.45, 2.75) is 44.6 Å². The number of nitrogens with one attached hydrogen (secondary N) is 1. The number of benzene rings is 1. The van der Waals surface area contributed by atoms with E-state index in [4.69, 9.17) is 0 Å². The van der Waals surface area contributed by atoms with Crippen LogP contribution in [0.1, 0.15) is 44.6 Å². The van der Waals surface area contributed by atoms with Gasteiger partial charge in [0, 0.05) is 18.7 Å². The maximum atomic E-state index is 14.2. The van der Waals surface area contributed by atoms with Crippen LogP contribution in [0, 0.1) is 23.5 Å². The summed E-state index contributed by atoms with van der Waals surface area (Å²) in [5.41, 5.74) is -2.01. The average Bonchev–Trinajstić information content (AvgIpc) is 2.93.